The average molecular weight is 425 g/mol. The van der Waals surface area contributed by atoms with Crippen LogP contribution in [-0.4, -0.2) is 45.5 Å². The number of hydrogen-bond donors (Lipinski definition) is 0. The fraction of sp³-hybridized carbons (Fsp3) is 0.435. The topological polar surface area (TPSA) is 62.5 Å². The summed E-state index contributed by atoms with van der Waals surface area (Å²) >= 11 is 1.56. The first-order valence-electron chi connectivity index (χ1n) is 10.6. The molecular formula is C23H28N4O2S. The largest absolute Gasteiger partial charge is 0.337 e. The summed E-state index contributed by atoms with van der Waals surface area (Å²) < 4.78 is 5.36. The van der Waals surface area contributed by atoms with Gasteiger partial charge in [0, 0.05) is 18.7 Å². The molecule has 158 valence electrons. The summed E-state index contributed by atoms with van der Waals surface area (Å²) in [5.41, 5.74) is 1.94. The maximum atomic E-state index is 13.0. The van der Waals surface area contributed by atoms with Crippen molar-refractivity contribution in [2.45, 2.75) is 39.8 Å². The van der Waals surface area contributed by atoms with Gasteiger partial charge in [0.25, 0.3) is 5.91 Å². The third-order valence-electron chi connectivity index (χ3n) is 5.69. The van der Waals surface area contributed by atoms with Crippen molar-refractivity contribution in [2.75, 3.05) is 19.6 Å². The number of thiophene rings is 1. The SMILES string of the molecule is CCN(Cc1nc(-c2cccs2)no1)C(=O)c1ccc(CN2CCC(C)CC2)cc1. The van der Waals surface area contributed by atoms with Gasteiger partial charge in [-0.2, -0.15) is 4.98 Å². The highest BCUT2D eigenvalue weighted by Gasteiger charge is 2.19. The number of benzene rings is 1. The van der Waals surface area contributed by atoms with Crippen LogP contribution in [0.3, 0.4) is 0 Å². The Hall–Kier alpha value is -2.51. The lowest BCUT2D eigenvalue weighted by atomic mass is 9.99. The van der Waals surface area contributed by atoms with E-state index in [-0.39, 0.29) is 5.91 Å². The lowest BCUT2D eigenvalue weighted by Crippen LogP contribution is -2.32. The second-order valence-corrected chi connectivity index (χ2v) is 8.91. The van der Waals surface area contributed by atoms with Gasteiger partial charge in [-0.25, -0.2) is 0 Å². The van der Waals surface area contributed by atoms with Crippen LogP contribution < -0.4 is 0 Å². The molecule has 7 heteroatoms. The highest BCUT2D eigenvalue weighted by Crippen LogP contribution is 2.22. The molecule has 4 rings (SSSR count). The van der Waals surface area contributed by atoms with Crippen LogP contribution in [0, 0.1) is 5.92 Å². The molecule has 0 aliphatic carbocycles. The summed E-state index contributed by atoms with van der Waals surface area (Å²) in [6.07, 6.45) is 2.54. The van der Waals surface area contributed by atoms with Gasteiger partial charge in [-0.05, 0) is 67.9 Å². The number of likely N-dealkylation sites (tertiary alicyclic amines) is 1. The molecule has 0 bridgehead atoms. The lowest BCUT2D eigenvalue weighted by molar-refractivity contribution is 0.0734. The van der Waals surface area contributed by atoms with Crippen molar-refractivity contribution in [3.63, 3.8) is 0 Å². The Bertz CT molecular complexity index is 944. The van der Waals surface area contributed by atoms with Crippen LogP contribution in [0.15, 0.2) is 46.3 Å². The maximum Gasteiger partial charge on any atom is 0.254 e. The van der Waals surface area contributed by atoms with Crippen molar-refractivity contribution in [1.82, 2.24) is 19.9 Å². The molecular weight excluding hydrogens is 396 g/mol. The van der Waals surface area contributed by atoms with Gasteiger partial charge < -0.3 is 9.42 Å². The first-order valence-corrected chi connectivity index (χ1v) is 11.5. The lowest BCUT2D eigenvalue weighted by Gasteiger charge is -2.30. The summed E-state index contributed by atoms with van der Waals surface area (Å²) in [6.45, 7) is 8.43. The standard InChI is InChI=1S/C23H28N4O2S/c1-3-27(16-21-24-22(25-29-21)20-5-4-14-30-20)23(28)19-8-6-18(7-9-19)15-26-12-10-17(2)11-13-26/h4-9,14,17H,3,10-13,15-16H2,1-2H3. The summed E-state index contributed by atoms with van der Waals surface area (Å²) in [4.78, 5) is 22.6. The minimum atomic E-state index is -0.0216. The molecule has 1 amide bonds. The molecule has 0 atom stereocenters. The van der Waals surface area contributed by atoms with Gasteiger partial charge in [0.2, 0.25) is 11.7 Å². The molecule has 2 aromatic heterocycles. The number of piperidine rings is 1. The van der Waals surface area contributed by atoms with Crippen LogP contribution in [0.1, 0.15) is 48.5 Å². The van der Waals surface area contributed by atoms with Gasteiger partial charge in [-0.15, -0.1) is 11.3 Å². The molecule has 6 nitrogen and oxygen atoms in total. The van der Waals surface area contributed by atoms with E-state index in [4.69, 9.17) is 4.52 Å². The van der Waals surface area contributed by atoms with Crippen LogP contribution in [0.25, 0.3) is 10.7 Å². The van der Waals surface area contributed by atoms with E-state index in [2.05, 4.69) is 34.1 Å². The zero-order valence-electron chi connectivity index (χ0n) is 17.6. The van der Waals surface area contributed by atoms with Crippen molar-refractivity contribution in [1.29, 1.82) is 0 Å². The molecule has 0 saturated carbocycles. The predicted molar refractivity (Wildman–Crippen MR) is 118 cm³/mol. The second kappa shape index (κ2) is 9.53. The predicted octanol–water partition coefficient (Wildman–Crippen LogP) is 4.69. The van der Waals surface area contributed by atoms with Crippen molar-refractivity contribution >= 4 is 17.2 Å². The highest BCUT2D eigenvalue weighted by molar-refractivity contribution is 7.13. The first kappa shape index (κ1) is 20.8. The van der Waals surface area contributed by atoms with Crippen LogP contribution in [0.4, 0.5) is 0 Å². The van der Waals surface area contributed by atoms with Crippen molar-refractivity contribution in [2.24, 2.45) is 5.92 Å². The van der Waals surface area contributed by atoms with Crippen molar-refractivity contribution < 1.29 is 9.32 Å². The molecule has 1 aliphatic heterocycles. The highest BCUT2D eigenvalue weighted by atomic mass is 32.1. The van der Waals surface area contributed by atoms with E-state index < -0.39 is 0 Å². The normalized spacial score (nSPS) is 15.4. The van der Waals surface area contributed by atoms with E-state index in [1.165, 1.54) is 18.4 Å². The van der Waals surface area contributed by atoms with Crippen molar-refractivity contribution in [3.05, 3.63) is 58.8 Å². The Morgan fingerprint density at radius 3 is 2.67 bits per heavy atom. The molecule has 0 spiro atoms. The zero-order valence-corrected chi connectivity index (χ0v) is 18.4. The van der Waals surface area contributed by atoms with E-state index in [1.807, 2.05) is 36.6 Å². The van der Waals surface area contributed by atoms with Gasteiger partial charge >= 0.3 is 0 Å². The fourth-order valence-corrected chi connectivity index (χ4v) is 4.38. The quantitative estimate of drug-likeness (QED) is 0.550. The van der Waals surface area contributed by atoms with E-state index in [9.17, 15) is 4.79 Å². The van der Waals surface area contributed by atoms with Gasteiger partial charge in [0.1, 0.15) is 6.54 Å². The molecule has 1 fully saturated rings. The molecule has 30 heavy (non-hydrogen) atoms. The molecule has 0 unspecified atom stereocenters. The number of carbonyl (C=O) groups excluding carboxylic acids is 1. The third kappa shape index (κ3) is 4.96. The third-order valence-corrected chi connectivity index (χ3v) is 6.55. The van der Waals surface area contributed by atoms with Crippen LogP contribution in [-0.2, 0) is 13.1 Å². The van der Waals surface area contributed by atoms with Gasteiger partial charge in [-0.3, -0.25) is 9.69 Å². The Balaban J connectivity index is 1.37. The molecule has 0 radical (unpaired) electrons. The number of rotatable bonds is 7. The minimum absolute atomic E-state index is 0.0216. The zero-order chi connectivity index (χ0) is 20.9. The monoisotopic (exact) mass is 424 g/mol. The number of amides is 1. The van der Waals surface area contributed by atoms with E-state index in [0.29, 0.717) is 30.4 Å². The Morgan fingerprint density at radius 2 is 2.00 bits per heavy atom. The Morgan fingerprint density at radius 1 is 1.23 bits per heavy atom. The van der Waals surface area contributed by atoms with Crippen LogP contribution in [0.5, 0.6) is 0 Å². The summed E-state index contributed by atoms with van der Waals surface area (Å²) in [5, 5.41) is 6.01. The fourth-order valence-electron chi connectivity index (χ4n) is 3.73. The Labute approximate surface area is 181 Å². The minimum Gasteiger partial charge on any atom is -0.337 e. The number of hydrogen-bond acceptors (Lipinski definition) is 6. The maximum absolute atomic E-state index is 13.0. The smallest absolute Gasteiger partial charge is 0.254 e. The molecule has 0 N–H and O–H groups in total. The number of carbonyl (C=O) groups is 1. The van der Waals surface area contributed by atoms with Gasteiger partial charge in [0.15, 0.2) is 0 Å². The average Bonchev–Trinajstić information content (AvgIpc) is 3.46. The molecule has 3 aromatic rings. The summed E-state index contributed by atoms with van der Waals surface area (Å²) in [6, 6.07) is 11.9. The van der Waals surface area contributed by atoms with E-state index >= 15 is 0 Å². The van der Waals surface area contributed by atoms with E-state index in [0.717, 1.165) is 30.4 Å². The second-order valence-electron chi connectivity index (χ2n) is 7.96. The van der Waals surface area contributed by atoms with E-state index in [1.54, 1.807) is 16.2 Å². The van der Waals surface area contributed by atoms with Crippen molar-refractivity contribution in [3.8, 4) is 10.7 Å². The molecule has 1 saturated heterocycles. The molecule has 1 aromatic carbocycles. The summed E-state index contributed by atoms with van der Waals surface area (Å²) in [5.74, 6) is 1.83. The van der Waals surface area contributed by atoms with Gasteiger partial charge in [-0.1, -0.05) is 30.3 Å². The molecule has 1 aliphatic rings. The Kier molecular flexibility index (Phi) is 6.59. The van der Waals surface area contributed by atoms with Crippen LogP contribution >= 0.6 is 11.3 Å². The molecule has 3 heterocycles. The summed E-state index contributed by atoms with van der Waals surface area (Å²) in [7, 11) is 0. The number of nitrogens with zero attached hydrogens (tertiary/aromatic N) is 4. The number of aromatic nitrogens is 2. The van der Waals surface area contributed by atoms with Crippen LogP contribution in [0.2, 0.25) is 0 Å². The first-order chi connectivity index (χ1) is 14.6. The van der Waals surface area contributed by atoms with Gasteiger partial charge in [0.05, 0.1) is 4.88 Å².